The summed E-state index contributed by atoms with van der Waals surface area (Å²) in [6, 6.07) is 70.6. The molecule has 0 bridgehead atoms. The summed E-state index contributed by atoms with van der Waals surface area (Å²) in [4.78, 5) is 2.32. The molecular weight excluding hydrogens is 679 g/mol. The fourth-order valence-electron chi connectivity index (χ4n) is 8.58. The number of benzene rings is 8. The summed E-state index contributed by atoms with van der Waals surface area (Å²) in [6.45, 7) is 2.21. The lowest BCUT2D eigenvalue weighted by atomic mass is 9.97. The van der Waals surface area contributed by atoms with E-state index in [4.69, 9.17) is 0 Å². The van der Waals surface area contributed by atoms with Crippen molar-refractivity contribution in [1.82, 2.24) is 9.13 Å². The smallest absolute Gasteiger partial charge is 0.0562 e. The van der Waals surface area contributed by atoms with Gasteiger partial charge < -0.3 is 14.0 Å². The van der Waals surface area contributed by atoms with Crippen LogP contribution in [0, 0.1) is 0 Å². The summed E-state index contributed by atoms with van der Waals surface area (Å²) >= 11 is 0. The predicted molar refractivity (Wildman–Crippen MR) is 239 cm³/mol. The van der Waals surface area contributed by atoms with E-state index < -0.39 is 0 Å². The highest BCUT2D eigenvalue weighted by Crippen LogP contribution is 2.44. The zero-order chi connectivity index (χ0) is 37.6. The van der Waals surface area contributed by atoms with Crippen LogP contribution in [0.2, 0.25) is 0 Å². The van der Waals surface area contributed by atoms with Gasteiger partial charge in [0.1, 0.15) is 0 Å². The van der Waals surface area contributed by atoms with Crippen LogP contribution in [0.1, 0.15) is 24.5 Å². The molecule has 0 aliphatic rings. The van der Waals surface area contributed by atoms with Crippen LogP contribution < -0.4 is 4.90 Å². The van der Waals surface area contributed by atoms with Gasteiger partial charge in [0.2, 0.25) is 0 Å². The van der Waals surface area contributed by atoms with Gasteiger partial charge in [-0.15, -0.1) is 0 Å². The van der Waals surface area contributed by atoms with Gasteiger partial charge in [0.05, 0.1) is 27.8 Å². The molecule has 0 radical (unpaired) electrons. The van der Waals surface area contributed by atoms with E-state index in [1.807, 2.05) is 0 Å². The number of hydrogen-bond acceptors (Lipinski definition) is 1. The molecule has 3 nitrogen and oxygen atoms in total. The van der Waals surface area contributed by atoms with Crippen molar-refractivity contribution >= 4 is 60.6 Å². The van der Waals surface area contributed by atoms with E-state index in [1.54, 1.807) is 0 Å². The molecule has 2 heterocycles. The Morgan fingerprint density at radius 3 is 1.68 bits per heavy atom. The van der Waals surface area contributed by atoms with E-state index in [2.05, 4.69) is 228 Å². The molecule has 268 valence electrons. The molecule has 0 N–H and O–H groups in total. The van der Waals surface area contributed by atoms with Gasteiger partial charge in [0, 0.05) is 51.2 Å². The van der Waals surface area contributed by atoms with E-state index in [9.17, 15) is 0 Å². The summed E-state index contributed by atoms with van der Waals surface area (Å²) in [5, 5.41) is 4.95. The molecule has 0 atom stereocenters. The number of allylic oxidation sites excluding steroid dienone is 1. The van der Waals surface area contributed by atoms with Crippen LogP contribution in [-0.4, -0.2) is 16.2 Å². The summed E-state index contributed by atoms with van der Waals surface area (Å²) in [5.74, 6) is 0. The largest absolute Gasteiger partial charge is 0.344 e. The molecular formula is C53H41N3. The topological polar surface area (TPSA) is 13.1 Å². The Balaban J connectivity index is 1.30. The van der Waals surface area contributed by atoms with E-state index in [1.165, 1.54) is 71.4 Å². The number of anilines is 2. The van der Waals surface area contributed by atoms with Gasteiger partial charge in [-0.25, -0.2) is 0 Å². The Labute approximate surface area is 327 Å². The minimum absolute atomic E-state index is 0.964. The van der Waals surface area contributed by atoms with Crippen molar-refractivity contribution in [2.75, 3.05) is 11.9 Å². The SMILES string of the molecule is CC/C=C(\c1ccccc1)c1ccc(-n2c3cc(N(C)c4ccccc4)c(-c4ccccc4)cc3c3cc4c5ccccc5n(-c5ccccc5)c4cc32)cc1. The molecule has 0 aliphatic heterocycles. The molecule has 0 aliphatic carbocycles. The van der Waals surface area contributed by atoms with Gasteiger partial charge in [0.15, 0.2) is 0 Å². The molecule has 10 aromatic rings. The first-order valence-electron chi connectivity index (χ1n) is 19.5. The minimum atomic E-state index is 0.964. The number of aromatic nitrogens is 2. The molecule has 0 amide bonds. The van der Waals surface area contributed by atoms with Crippen LogP contribution in [0.25, 0.3) is 71.7 Å². The van der Waals surface area contributed by atoms with E-state index in [0.717, 1.165) is 29.2 Å². The first-order valence-corrected chi connectivity index (χ1v) is 19.5. The Morgan fingerprint density at radius 2 is 0.982 bits per heavy atom. The van der Waals surface area contributed by atoms with Crippen LogP contribution in [0.3, 0.4) is 0 Å². The van der Waals surface area contributed by atoms with Gasteiger partial charge in [-0.2, -0.15) is 0 Å². The zero-order valence-electron chi connectivity index (χ0n) is 31.6. The van der Waals surface area contributed by atoms with Gasteiger partial charge in [-0.1, -0.05) is 140 Å². The second-order valence-electron chi connectivity index (χ2n) is 14.5. The number of fused-ring (bicyclic) bond motifs is 6. The maximum Gasteiger partial charge on any atom is 0.0562 e. The molecule has 10 rings (SSSR count). The maximum absolute atomic E-state index is 2.48. The Bertz CT molecular complexity index is 3030. The van der Waals surface area contributed by atoms with Crippen molar-refractivity contribution < 1.29 is 0 Å². The molecule has 0 spiro atoms. The van der Waals surface area contributed by atoms with Crippen molar-refractivity contribution in [3.8, 4) is 22.5 Å². The molecule has 0 saturated carbocycles. The van der Waals surface area contributed by atoms with Crippen LogP contribution in [0.5, 0.6) is 0 Å². The quantitative estimate of drug-likeness (QED) is 0.152. The Morgan fingerprint density at radius 1 is 0.464 bits per heavy atom. The molecule has 2 aromatic heterocycles. The van der Waals surface area contributed by atoms with E-state index >= 15 is 0 Å². The van der Waals surface area contributed by atoms with Crippen molar-refractivity contribution in [2.45, 2.75) is 13.3 Å². The van der Waals surface area contributed by atoms with Crippen molar-refractivity contribution in [1.29, 1.82) is 0 Å². The molecule has 0 unspecified atom stereocenters. The molecule has 56 heavy (non-hydrogen) atoms. The van der Waals surface area contributed by atoms with Crippen LogP contribution in [0.4, 0.5) is 11.4 Å². The zero-order valence-corrected chi connectivity index (χ0v) is 31.6. The van der Waals surface area contributed by atoms with E-state index in [0.29, 0.717) is 0 Å². The van der Waals surface area contributed by atoms with Gasteiger partial charge >= 0.3 is 0 Å². The average Bonchev–Trinajstić information content (AvgIpc) is 3.76. The van der Waals surface area contributed by atoms with Crippen LogP contribution in [0.15, 0.2) is 200 Å². The number of para-hydroxylation sites is 3. The second-order valence-corrected chi connectivity index (χ2v) is 14.5. The number of rotatable bonds is 8. The summed E-state index contributed by atoms with van der Waals surface area (Å²) < 4.78 is 4.89. The van der Waals surface area contributed by atoms with Crippen molar-refractivity contribution in [3.05, 3.63) is 211 Å². The van der Waals surface area contributed by atoms with Gasteiger partial charge in [-0.05, 0) is 95.4 Å². The molecule has 3 heteroatoms. The summed E-state index contributed by atoms with van der Waals surface area (Å²) in [6.07, 6.45) is 3.30. The predicted octanol–water partition coefficient (Wildman–Crippen LogP) is 14.2. The summed E-state index contributed by atoms with van der Waals surface area (Å²) in [7, 11) is 2.18. The Hall–Kier alpha value is -7.10. The third kappa shape index (κ3) is 5.59. The first kappa shape index (κ1) is 33.5. The number of nitrogens with zero attached hydrogens (tertiary/aromatic N) is 3. The highest BCUT2D eigenvalue weighted by molar-refractivity contribution is 6.20. The summed E-state index contributed by atoms with van der Waals surface area (Å²) in [5.41, 5.74) is 15.4. The number of hydrogen-bond donors (Lipinski definition) is 0. The fourth-order valence-corrected chi connectivity index (χ4v) is 8.58. The maximum atomic E-state index is 2.48. The lowest BCUT2D eigenvalue weighted by Gasteiger charge is -2.24. The molecule has 0 fully saturated rings. The average molecular weight is 720 g/mol. The monoisotopic (exact) mass is 719 g/mol. The third-order valence-electron chi connectivity index (χ3n) is 11.2. The minimum Gasteiger partial charge on any atom is -0.344 e. The highest BCUT2D eigenvalue weighted by Gasteiger charge is 2.22. The van der Waals surface area contributed by atoms with Crippen LogP contribution in [-0.2, 0) is 0 Å². The molecule has 0 saturated heterocycles. The van der Waals surface area contributed by atoms with Gasteiger partial charge in [-0.3, -0.25) is 0 Å². The third-order valence-corrected chi connectivity index (χ3v) is 11.2. The second kappa shape index (κ2) is 14.0. The van der Waals surface area contributed by atoms with Gasteiger partial charge in [0.25, 0.3) is 0 Å². The Kier molecular flexibility index (Phi) is 8.34. The lowest BCUT2D eigenvalue weighted by Crippen LogP contribution is -2.11. The first-order chi connectivity index (χ1) is 27.7. The lowest BCUT2D eigenvalue weighted by molar-refractivity contribution is 1.16. The van der Waals surface area contributed by atoms with Crippen molar-refractivity contribution in [2.24, 2.45) is 0 Å². The molecule has 8 aromatic carbocycles. The fraction of sp³-hybridized carbons (Fsp3) is 0.0566. The van der Waals surface area contributed by atoms with E-state index in [-0.39, 0.29) is 0 Å². The normalized spacial score (nSPS) is 11.9. The highest BCUT2D eigenvalue weighted by atomic mass is 15.1. The van der Waals surface area contributed by atoms with Crippen LogP contribution >= 0.6 is 0 Å². The standard InChI is InChI=1S/C53H41N3/c1-3-18-43(37-19-8-4-9-20-37)39-29-31-42(32-30-39)56-51-35-50(54(2)40-23-12-6-13-24-40)45(38-21-10-5-11-22-38)33-47(51)48-34-46-44-27-16-17-28-49(44)55(52(46)36-53(48)56)41-25-14-7-15-26-41/h4-36H,3H2,1-2H3/b43-18+. The van der Waals surface area contributed by atoms with Crippen molar-refractivity contribution in [3.63, 3.8) is 0 Å².